The zero-order valence-corrected chi connectivity index (χ0v) is 14.2. The molecule has 1 amide bonds. The second-order valence-corrected chi connectivity index (χ2v) is 6.51. The molecule has 5 nitrogen and oxygen atoms in total. The fourth-order valence-electron chi connectivity index (χ4n) is 2.93. The van der Waals surface area contributed by atoms with Gasteiger partial charge in [-0.2, -0.15) is 10.2 Å². The molecule has 2 aliphatic rings. The summed E-state index contributed by atoms with van der Waals surface area (Å²) in [6.07, 6.45) is 7.51. The minimum absolute atomic E-state index is 0.104. The highest BCUT2D eigenvalue weighted by molar-refractivity contribution is 6.31. The third-order valence-corrected chi connectivity index (χ3v) is 4.81. The van der Waals surface area contributed by atoms with Gasteiger partial charge in [0.05, 0.1) is 13.2 Å². The van der Waals surface area contributed by atoms with E-state index in [-0.39, 0.29) is 12.0 Å². The van der Waals surface area contributed by atoms with Crippen LogP contribution in [0.2, 0.25) is 5.02 Å². The minimum Gasteiger partial charge on any atom is -0.370 e. The van der Waals surface area contributed by atoms with Gasteiger partial charge < -0.3 is 9.64 Å². The Morgan fingerprint density at radius 2 is 2.21 bits per heavy atom. The van der Waals surface area contributed by atoms with Gasteiger partial charge in [0, 0.05) is 42.8 Å². The van der Waals surface area contributed by atoms with Crippen molar-refractivity contribution in [2.75, 3.05) is 19.7 Å². The van der Waals surface area contributed by atoms with E-state index in [9.17, 15) is 4.79 Å². The summed E-state index contributed by atoms with van der Waals surface area (Å²) in [5.41, 5.74) is 0.519. The van der Waals surface area contributed by atoms with Gasteiger partial charge in [-0.15, -0.1) is 12.3 Å². The smallest absolute Gasteiger partial charge is 0.222 e. The highest BCUT2D eigenvalue weighted by Crippen LogP contribution is 2.38. The van der Waals surface area contributed by atoms with Gasteiger partial charge >= 0.3 is 0 Å². The standard InChI is InChI=1S/C18H20ClN3O2/c1-2-3-9-18(20-21-18)10-8-17(23)22-11-12-24-16(13-22)14-6-4-5-7-15(14)19/h1,4-7,16H,3,8-13H2. The molecule has 24 heavy (non-hydrogen) atoms. The lowest BCUT2D eigenvalue weighted by molar-refractivity contribution is -0.139. The number of carbonyl (C=O) groups excluding carboxylic acids is 1. The van der Waals surface area contributed by atoms with E-state index in [2.05, 4.69) is 16.1 Å². The fourth-order valence-corrected chi connectivity index (χ4v) is 3.19. The minimum atomic E-state index is -0.406. The highest BCUT2D eigenvalue weighted by atomic mass is 35.5. The van der Waals surface area contributed by atoms with Gasteiger partial charge in [0.25, 0.3) is 0 Å². The SMILES string of the molecule is C#CCCC1(CCC(=O)N2CCOC(c3ccccc3Cl)C2)N=N1. The Morgan fingerprint density at radius 1 is 1.42 bits per heavy atom. The number of rotatable bonds is 6. The quantitative estimate of drug-likeness (QED) is 0.740. The Bertz CT molecular complexity index is 677. The highest BCUT2D eigenvalue weighted by Gasteiger charge is 2.40. The average Bonchev–Trinajstić information content (AvgIpc) is 3.39. The Balaban J connectivity index is 1.54. The third kappa shape index (κ3) is 3.95. The Kier molecular flexibility index (Phi) is 5.17. The Hall–Kier alpha value is -1.90. The molecule has 0 spiro atoms. The molecule has 2 heterocycles. The fraction of sp³-hybridized carbons (Fsp3) is 0.500. The van der Waals surface area contributed by atoms with Crippen LogP contribution in [-0.4, -0.2) is 36.2 Å². The zero-order valence-electron chi connectivity index (χ0n) is 13.4. The molecule has 1 saturated heterocycles. The lowest BCUT2D eigenvalue weighted by atomic mass is 10.0. The summed E-state index contributed by atoms with van der Waals surface area (Å²) in [6.45, 7) is 1.64. The Morgan fingerprint density at radius 3 is 2.92 bits per heavy atom. The number of terminal acetylenes is 1. The van der Waals surface area contributed by atoms with Crippen LogP contribution in [-0.2, 0) is 9.53 Å². The second kappa shape index (κ2) is 7.33. The van der Waals surface area contributed by atoms with Crippen LogP contribution in [0.3, 0.4) is 0 Å². The molecule has 0 saturated carbocycles. The Labute approximate surface area is 147 Å². The molecule has 3 rings (SSSR count). The van der Waals surface area contributed by atoms with Crippen molar-refractivity contribution in [2.45, 2.75) is 37.5 Å². The van der Waals surface area contributed by atoms with E-state index in [1.54, 1.807) is 0 Å². The summed E-state index contributed by atoms with van der Waals surface area (Å²) >= 11 is 6.24. The van der Waals surface area contributed by atoms with Crippen molar-refractivity contribution in [2.24, 2.45) is 10.2 Å². The van der Waals surface area contributed by atoms with Crippen LogP contribution >= 0.6 is 11.6 Å². The number of morpholine rings is 1. The van der Waals surface area contributed by atoms with Crippen LogP contribution in [0.1, 0.15) is 37.4 Å². The van der Waals surface area contributed by atoms with E-state index in [1.807, 2.05) is 29.2 Å². The maximum Gasteiger partial charge on any atom is 0.222 e. The molecule has 0 radical (unpaired) electrons. The number of benzene rings is 1. The lowest BCUT2D eigenvalue weighted by Gasteiger charge is -2.33. The van der Waals surface area contributed by atoms with Crippen LogP contribution in [0, 0.1) is 12.3 Å². The average molecular weight is 346 g/mol. The van der Waals surface area contributed by atoms with Gasteiger partial charge in [0.2, 0.25) is 5.91 Å². The molecule has 0 aliphatic carbocycles. The van der Waals surface area contributed by atoms with Gasteiger partial charge in [0.15, 0.2) is 5.66 Å². The predicted octanol–water partition coefficient (Wildman–Crippen LogP) is 3.60. The third-order valence-electron chi connectivity index (χ3n) is 4.46. The summed E-state index contributed by atoms with van der Waals surface area (Å²) < 4.78 is 5.80. The molecule has 2 aliphatic heterocycles. The summed E-state index contributed by atoms with van der Waals surface area (Å²) in [7, 11) is 0. The number of amides is 1. The number of halogens is 1. The molecule has 0 N–H and O–H groups in total. The van der Waals surface area contributed by atoms with Gasteiger partial charge in [-0.05, 0) is 6.07 Å². The first-order valence-electron chi connectivity index (χ1n) is 8.15. The van der Waals surface area contributed by atoms with Crippen LogP contribution in [0.25, 0.3) is 0 Å². The van der Waals surface area contributed by atoms with E-state index in [0.29, 0.717) is 44.0 Å². The number of ether oxygens (including phenoxy) is 1. The van der Waals surface area contributed by atoms with Gasteiger partial charge in [-0.3, -0.25) is 4.79 Å². The molecule has 6 heteroatoms. The van der Waals surface area contributed by atoms with Crippen molar-refractivity contribution in [3.05, 3.63) is 34.9 Å². The van der Waals surface area contributed by atoms with Crippen LogP contribution in [0.5, 0.6) is 0 Å². The monoisotopic (exact) mass is 345 g/mol. The van der Waals surface area contributed by atoms with E-state index < -0.39 is 5.66 Å². The van der Waals surface area contributed by atoms with Crippen LogP contribution in [0.4, 0.5) is 0 Å². The maximum absolute atomic E-state index is 12.5. The molecule has 1 aromatic carbocycles. The first-order chi connectivity index (χ1) is 11.6. The van der Waals surface area contributed by atoms with Gasteiger partial charge in [0.1, 0.15) is 6.10 Å². The molecular formula is C18H20ClN3O2. The summed E-state index contributed by atoms with van der Waals surface area (Å²) in [5.74, 6) is 2.70. The van der Waals surface area contributed by atoms with Crippen molar-refractivity contribution >= 4 is 17.5 Å². The number of carbonyl (C=O) groups is 1. The molecule has 0 aromatic heterocycles. The molecule has 1 atom stereocenters. The first-order valence-corrected chi connectivity index (χ1v) is 8.53. The van der Waals surface area contributed by atoms with E-state index in [4.69, 9.17) is 22.8 Å². The van der Waals surface area contributed by atoms with Crippen LogP contribution < -0.4 is 0 Å². The van der Waals surface area contributed by atoms with Crippen LogP contribution in [0.15, 0.2) is 34.5 Å². The van der Waals surface area contributed by atoms with Crippen molar-refractivity contribution in [1.82, 2.24) is 4.90 Å². The molecular weight excluding hydrogens is 326 g/mol. The topological polar surface area (TPSA) is 54.3 Å². The lowest BCUT2D eigenvalue weighted by Crippen LogP contribution is -2.42. The molecule has 1 fully saturated rings. The van der Waals surface area contributed by atoms with Crippen molar-refractivity contribution in [1.29, 1.82) is 0 Å². The molecule has 126 valence electrons. The predicted molar refractivity (Wildman–Crippen MR) is 91.6 cm³/mol. The molecule has 1 aromatic rings. The summed E-state index contributed by atoms with van der Waals surface area (Å²) in [5, 5.41) is 8.83. The van der Waals surface area contributed by atoms with Crippen molar-refractivity contribution < 1.29 is 9.53 Å². The van der Waals surface area contributed by atoms with E-state index in [1.165, 1.54) is 0 Å². The van der Waals surface area contributed by atoms with Gasteiger partial charge in [-0.1, -0.05) is 29.8 Å². The summed E-state index contributed by atoms with van der Waals surface area (Å²) in [4.78, 5) is 14.4. The normalized spacial score (nSPS) is 21.3. The van der Waals surface area contributed by atoms with E-state index >= 15 is 0 Å². The maximum atomic E-state index is 12.5. The summed E-state index contributed by atoms with van der Waals surface area (Å²) in [6, 6.07) is 7.59. The van der Waals surface area contributed by atoms with E-state index in [0.717, 1.165) is 12.0 Å². The van der Waals surface area contributed by atoms with Gasteiger partial charge in [-0.25, -0.2) is 0 Å². The second-order valence-electron chi connectivity index (χ2n) is 6.11. The van der Waals surface area contributed by atoms with Crippen molar-refractivity contribution in [3.8, 4) is 12.3 Å². The zero-order chi connectivity index (χ0) is 17.0. The molecule has 1 unspecified atom stereocenters. The largest absolute Gasteiger partial charge is 0.370 e. The first kappa shape index (κ1) is 16.9. The number of hydrogen-bond donors (Lipinski definition) is 0. The number of nitrogens with zero attached hydrogens (tertiary/aromatic N) is 3. The molecule has 0 bridgehead atoms. The number of hydrogen-bond acceptors (Lipinski definition) is 4. The van der Waals surface area contributed by atoms with Crippen molar-refractivity contribution in [3.63, 3.8) is 0 Å².